The first kappa shape index (κ1) is 15.7. The Morgan fingerprint density at radius 2 is 2.14 bits per heavy atom. The maximum Gasteiger partial charge on any atom is 0.246 e. The SMILES string of the molecule is Cc1c(S(=O)(=O)NCc2ccc(F)c(Cl)c2)c(N)nn1C. The number of rotatable bonds is 4. The van der Waals surface area contributed by atoms with Crippen LogP contribution in [0.5, 0.6) is 0 Å². The first-order valence-corrected chi connectivity index (χ1v) is 7.81. The van der Waals surface area contributed by atoms with Gasteiger partial charge in [-0.15, -0.1) is 0 Å². The van der Waals surface area contributed by atoms with Gasteiger partial charge >= 0.3 is 0 Å². The Morgan fingerprint density at radius 1 is 1.48 bits per heavy atom. The lowest BCUT2D eigenvalue weighted by molar-refractivity contribution is 0.580. The van der Waals surface area contributed by atoms with Crippen LogP contribution in [0.2, 0.25) is 5.02 Å². The van der Waals surface area contributed by atoms with Gasteiger partial charge in [0.15, 0.2) is 5.82 Å². The average molecular weight is 333 g/mol. The van der Waals surface area contributed by atoms with Gasteiger partial charge in [0, 0.05) is 13.6 Å². The van der Waals surface area contributed by atoms with E-state index in [1.165, 1.54) is 22.9 Å². The Kier molecular flexibility index (Phi) is 4.22. The van der Waals surface area contributed by atoms with Crippen molar-refractivity contribution in [2.24, 2.45) is 7.05 Å². The highest BCUT2D eigenvalue weighted by molar-refractivity contribution is 7.89. The van der Waals surface area contributed by atoms with E-state index in [0.29, 0.717) is 11.3 Å². The molecule has 0 bridgehead atoms. The third-order valence-electron chi connectivity index (χ3n) is 3.02. The van der Waals surface area contributed by atoms with Gasteiger partial charge in [-0.1, -0.05) is 17.7 Å². The van der Waals surface area contributed by atoms with Gasteiger partial charge in [-0.3, -0.25) is 4.68 Å². The number of sulfonamides is 1. The molecule has 1 heterocycles. The molecule has 0 aliphatic heterocycles. The number of nitrogen functional groups attached to an aromatic ring is 1. The Hall–Kier alpha value is -1.64. The molecular weight excluding hydrogens is 319 g/mol. The summed E-state index contributed by atoms with van der Waals surface area (Å²) >= 11 is 5.65. The van der Waals surface area contributed by atoms with Crippen LogP contribution < -0.4 is 10.5 Å². The van der Waals surface area contributed by atoms with E-state index in [2.05, 4.69) is 9.82 Å². The monoisotopic (exact) mass is 332 g/mol. The molecule has 2 rings (SSSR count). The predicted octanol–water partition coefficient (Wildman–Crippen LogP) is 1.58. The summed E-state index contributed by atoms with van der Waals surface area (Å²) in [5, 5.41) is 3.80. The number of aryl methyl sites for hydroxylation is 1. The number of hydrogen-bond donors (Lipinski definition) is 2. The first-order chi connectivity index (χ1) is 9.72. The number of hydrogen-bond acceptors (Lipinski definition) is 4. The lowest BCUT2D eigenvalue weighted by atomic mass is 10.2. The molecule has 1 aromatic heterocycles. The Balaban J connectivity index is 2.24. The molecule has 0 aliphatic rings. The number of aromatic nitrogens is 2. The fourth-order valence-electron chi connectivity index (χ4n) is 1.85. The van der Waals surface area contributed by atoms with E-state index in [-0.39, 0.29) is 22.3 Å². The van der Waals surface area contributed by atoms with Gasteiger partial charge < -0.3 is 5.73 Å². The number of nitrogens with zero attached hydrogens (tertiary/aromatic N) is 2. The van der Waals surface area contributed by atoms with E-state index in [4.69, 9.17) is 17.3 Å². The second-order valence-corrected chi connectivity index (χ2v) is 6.61. The smallest absolute Gasteiger partial charge is 0.246 e. The summed E-state index contributed by atoms with van der Waals surface area (Å²) < 4.78 is 41.3. The van der Waals surface area contributed by atoms with Crippen molar-refractivity contribution in [2.45, 2.75) is 18.4 Å². The molecular formula is C12H14ClFN4O2S. The summed E-state index contributed by atoms with van der Waals surface area (Å²) in [7, 11) is -2.22. The van der Waals surface area contributed by atoms with E-state index < -0.39 is 15.8 Å². The van der Waals surface area contributed by atoms with Gasteiger partial charge in [0.2, 0.25) is 10.0 Å². The second kappa shape index (κ2) is 5.63. The normalized spacial score (nSPS) is 11.8. The van der Waals surface area contributed by atoms with Crippen molar-refractivity contribution in [1.29, 1.82) is 0 Å². The molecule has 21 heavy (non-hydrogen) atoms. The maximum absolute atomic E-state index is 13.0. The molecule has 0 radical (unpaired) electrons. The summed E-state index contributed by atoms with van der Waals surface area (Å²) in [6, 6.07) is 3.98. The van der Waals surface area contributed by atoms with Crippen LogP contribution in [-0.4, -0.2) is 18.2 Å². The molecule has 2 aromatic rings. The summed E-state index contributed by atoms with van der Waals surface area (Å²) in [5.41, 5.74) is 6.58. The number of halogens is 2. The van der Waals surface area contributed by atoms with Crippen LogP contribution >= 0.6 is 11.6 Å². The molecule has 1 aromatic carbocycles. The zero-order chi connectivity index (χ0) is 15.8. The first-order valence-electron chi connectivity index (χ1n) is 5.95. The van der Waals surface area contributed by atoms with Gasteiger partial charge in [0.25, 0.3) is 0 Å². The minimum absolute atomic E-state index is 0.0316. The van der Waals surface area contributed by atoms with Gasteiger partial charge in [-0.05, 0) is 24.6 Å². The Morgan fingerprint density at radius 3 is 2.67 bits per heavy atom. The van der Waals surface area contributed by atoms with E-state index in [1.807, 2.05) is 0 Å². The quantitative estimate of drug-likeness (QED) is 0.889. The van der Waals surface area contributed by atoms with E-state index in [9.17, 15) is 12.8 Å². The molecule has 0 saturated heterocycles. The van der Waals surface area contributed by atoms with Crippen molar-refractivity contribution in [3.63, 3.8) is 0 Å². The largest absolute Gasteiger partial charge is 0.381 e. The van der Waals surface area contributed by atoms with Crippen LogP contribution in [0.25, 0.3) is 0 Å². The summed E-state index contributed by atoms with van der Waals surface area (Å²) in [5.74, 6) is -0.629. The molecule has 6 nitrogen and oxygen atoms in total. The average Bonchev–Trinajstić information content (AvgIpc) is 2.65. The summed E-state index contributed by atoms with van der Waals surface area (Å²) in [4.78, 5) is -0.0572. The van der Waals surface area contributed by atoms with E-state index in [1.54, 1.807) is 14.0 Å². The predicted molar refractivity (Wildman–Crippen MR) is 77.8 cm³/mol. The minimum atomic E-state index is -3.82. The van der Waals surface area contributed by atoms with Crippen molar-refractivity contribution in [3.05, 3.63) is 40.3 Å². The van der Waals surface area contributed by atoms with E-state index in [0.717, 1.165) is 0 Å². The van der Waals surface area contributed by atoms with Crippen molar-refractivity contribution >= 4 is 27.4 Å². The molecule has 114 valence electrons. The van der Waals surface area contributed by atoms with Crippen molar-refractivity contribution in [3.8, 4) is 0 Å². The third kappa shape index (κ3) is 3.17. The number of benzene rings is 1. The molecule has 0 amide bonds. The molecule has 0 unspecified atom stereocenters. The standard InChI is InChI=1S/C12H14ClFN4O2S/c1-7-11(12(15)17-18(7)2)21(19,20)16-6-8-3-4-10(14)9(13)5-8/h3-5,16H,6H2,1-2H3,(H2,15,17). The molecule has 3 N–H and O–H groups in total. The van der Waals surface area contributed by atoms with Gasteiger partial charge in [-0.25, -0.2) is 17.5 Å². The lowest BCUT2D eigenvalue weighted by Gasteiger charge is -2.07. The number of nitrogens with two attached hydrogens (primary N) is 1. The number of nitrogens with one attached hydrogen (secondary N) is 1. The molecule has 9 heteroatoms. The highest BCUT2D eigenvalue weighted by Crippen LogP contribution is 2.21. The molecule has 0 saturated carbocycles. The Labute approximate surface area is 126 Å². The zero-order valence-corrected chi connectivity index (χ0v) is 13.0. The fraction of sp³-hybridized carbons (Fsp3) is 0.250. The molecule has 0 fully saturated rings. The highest BCUT2D eigenvalue weighted by atomic mass is 35.5. The Bertz CT molecular complexity index is 789. The van der Waals surface area contributed by atoms with Crippen molar-refractivity contribution < 1.29 is 12.8 Å². The summed E-state index contributed by atoms with van der Waals surface area (Å²) in [6.45, 7) is 1.57. The van der Waals surface area contributed by atoms with Gasteiger partial charge in [0.1, 0.15) is 10.7 Å². The topological polar surface area (TPSA) is 90.0 Å². The fourth-order valence-corrected chi connectivity index (χ4v) is 3.39. The van der Waals surface area contributed by atoms with Crippen LogP contribution in [-0.2, 0) is 23.6 Å². The van der Waals surface area contributed by atoms with Gasteiger partial charge in [0.05, 0.1) is 10.7 Å². The van der Waals surface area contributed by atoms with Crippen molar-refractivity contribution in [1.82, 2.24) is 14.5 Å². The maximum atomic E-state index is 13.0. The third-order valence-corrected chi connectivity index (χ3v) is 4.88. The van der Waals surface area contributed by atoms with Crippen LogP contribution in [0.1, 0.15) is 11.3 Å². The lowest BCUT2D eigenvalue weighted by Crippen LogP contribution is -2.24. The van der Waals surface area contributed by atoms with Crippen LogP contribution in [0.3, 0.4) is 0 Å². The molecule has 0 atom stereocenters. The van der Waals surface area contributed by atoms with Crippen LogP contribution in [0.15, 0.2) is 23.1 Å². The van der Waals surface area contributed by atoms with Crippen molar-refractivity contribution in [2.75, 3.05) is 5.73 Å². The van der Waals surface area contributed by atoms with Crippen LogP contribution in [0.4, 0.5) is 10.2 Å². The minimum Gasteiger partial charge on any atom is -0.381 e. The van der Waals surface area contributed by atoms with Crippen LogP contribution in [0, 0.1) is 12.7 Å². The molecule has 0 spiro atoms. The highest BCUT2D eigenvalue weighted by Gasteiger charge is 2.24. The van der Waals surface area contributed by atoms with Gasteiger partial charge in [-0.2, -0.15) is 5.10 Å². The number of anilines is 1. The molecule has 0 aliphatic carbocycles. The van der Waals surface area contributed by atoms with E-state index >= 15 is 0 Å². The second-order valence-electron chi connectivity index (χ2n) is 4.50. The summed E-state index contributed by atoms with van der Waals surface area (Å²) in [6.07, 6.45) is 0. The zero-order valence-electron chi connectivity index (χ0n) is 11.4.